The van der Waals surface area contributed by atoms with Crippen molar-refractivity contribution in [1.82, 2.24) is 4.98 Å². The molecule has 1 aromatic heterocycles. The molecule has 0 saturated carbocycles. The van der Waals surface area contributed by atoms with Gasteiger partial charge in [-0.2, -0.15) is 0 Å². The van der Waals surface area contributed by atoms with E-state index in [2.05, 4.69) is 6.92 Å². The number of carbonyl (C=O) groups excluding carboxylic acids is 1. The van der Waals surface area contributed by atoms with E-state index in [0.29, 0.717) is 11.6 Å². The molecule has 0 aliphatic rings. The lowest BCUT2D eigenvalue weighted by molar-refractivity contribution is -0.117. The third-order valence-electron chi connectivity index (χ3n) is 4.76. The first-order valence-electron chi connectivity index (χ1n) is 10.2. The molecule has 0 radical (unpaired) electrons. The van der Waals surface area contributed by atoms with E-state index in [9.17, 15) is 4.79 Å². The van der Waals surface area contributed by atoms with Crippen LogP contribution >= 0.6 is 11.3 Å². The fourth-order valence-electron chi connectivity index (χ4n) is 3.22. The van der Waals surface area contributed by atoms with E-state index in [1.807, 2.05) is 55.5 Å². The van der Waals surface area contributed by atoms with E-state index < -0.39 is 0 Å². The second-order valence-electron chi connectivity index (χ2n) is 6.92. The van der Waals surface area contributed by atoms with Gasteiger partial charge in [-0.1, -0.05) is 20.3 Å². The Morgan fingerprint density at radius 3 is 2.07 bits per heavy atom. The number of nitrogens with zero attached hydrogens (tertiary/aromatic N) is 2. The Balaban J connectivity index is 2.06. The summed E-state index contributed by atoms with van der Waals surface area (Å²) >= 11 is 1.59. The van der Waals surface area contributed by atoms with Gasteiger partial charge in [0.25, 0.3) is 0 Å². The normalized spacial score (nSPS) is 10.7. The fourth-order valence-corrected chi connectivity index (χ4v) is 4.45. The molecule has 2 aromatic carbocycles. The van der Waals surface area contributed by atoms with Crippen LogP contribution < -0.4 is 14.4 Å². The van der Waals surface area contributed by atoms with E-state index >= 15 is 0 Å². The zero-order chi connectivity index (χ0) is 21.5. The Morgan fingerprint density at radius 1 is 0.933 bits per heavy atom. The van der Waals surface area contributed by atoms with Gasteiger partial charge in [0, 0.05) is 16.9 Å². The van der Waals surface area contributed by atoms with Gasteiger partial charge in [0.05, 0.1) is 25.6 Å². The quantitative estimate of drug-likeness (QED) is 0.408. The van der Waals surface area contributed by atoms with Gasteiger partial charge < -0.3 is 9.47 Å². The number of carbonyl (C=O) groups is 1. The Kier molecular flexibility index (Phi) is 7.46. The summed E-state index contributed by atoms with van der Waals surface area (Å²) in [5.41, 5.74) is 2.76. The summed E-state index contributed by atoms with van der Waals surface area (Å²) < 4.78 is 10.5. The van der Waals surface area contributed by atoms with E-state index in [-0.39, 0.29) is 5.91 Å². The number of hydrogen-bond acceptors (Lipinski definition) is 5. The summed E-state index contributed by atoms with van der Waals surface area (Å²) in [5, 5.41) is 0.702. The van der Waals surface area contributed by atoms with Gasteiger partial charge in [-0.25, -0.2) is 4.98 Å². The minimum atomic E-state index is 0.0424. The maximum absolute atomic E-state index is 13.0. The number of aryl methyl sites for hydroxylation is 1. The van der Waals surface area contributed by atoms with Gasteiger partial charge >= 0.3 is 0 Å². The van der Waals surface area contributed by atoms with Gasteiger partial charge in [-0.05, 0) is 61.4 Å². The lowest BCUT2D eigenvalue weighted by atomic mass is 10.1. The summed E-state index contributed by atoms with van der Waals surface area (Å²) in [6.07, 6.45) is 3.17. The predicted octanol–water partition coefficient (Wildman–Crippen LogP) is 6.24. The molecule has 1 amide bonds. The van der Waals surface area contributed by atoms with Crippen LogP contribution in [-0.4, -0.2) is 25.1 Å². The van der Waals surface area contributed by atoms with Crippen LogP contribution in [0.25, 0.3) is 11.3 Å². The maximum atomic E-state index is 13.0. The smallest absolute Gasteiger partial charge is 0.233 e. The van der Waals surface area contributed by atoms with Crippen LogP contribution in [0.2, 0.25) is 0 Å². The summed E-state index contributed by atoms with van der Waals surface area (Å²) in [4.78, 5) is 20.9. The molecule has 0 spiro atoms. The summed E-state index contributed by atoms with van der Waals surface area (Å²) in [6, 6.07) is 15.5. The van der Waals surface area contributed by atoms with Crippen LogP contribution in [0.3, 0.4) is 0 Å². The third kappa shape index (κ3) is 4.82. The topological polar surface area (TPSA) is 51.7 Å². The molecule has 1 heterocycles. The van der Waals surface area contributed by atoms with Gasteiger partial charge in [0.15, 0.2) is 5.13 Å². The van der Waals surface area contributed by atoms with Crippen molar-refractivity contribution >= 4 is 28.1 Å². The van der Waals surface area contributed by atoms with Crippen molar-refractivity contribution < 1.29 is 14.3 Å². The average molecular weight is 425 g/mol. The molecule has 3 rings (SSSR count). The highest BCUT2D eigenvalue weighted by molar-refractivity contribution is 7.16. The van der Waals surface area contributed by atoms with Crippen LogP contribution in [0.15, 0.2) is 48.5 Å². The van der Waals surface area contributed by atoms with Crippen molar-refractivity contribution in [2.24, 2.45) is 0 Å². The standard InChI is InChI=1S/C24H28N2O3S/c1-5-7-21-23(17-9-13-19(28-3)14-10-17)25-24(30-21)26(22(27)8-6-2)18-11-15-20(29-4)16-12-18/h9-16H,5-8H2,1-4H3. The Labute approximate surface area is 182 Å². The van der Waals surface area contributed by atoms with Crippen molar-refractivity contribution in [3.05, 3.63) is 53.4 Å². The van der Waals surface area contributed by atoms with Gasteiger partial charge in [-0.15, -0.1) is 11.3 Å². The van der Waals surface area contributed by atoms with E-state index in [4.69, 9.17) is 14.5 Å². The second kappa shape index (κ2) is 10.3. The zero-order valence-corrected chi connectivity index (χ0v) is 18.8. The number of ether oxygens (including phenoxy) is 2. The summed E-state index contributed by atoms with van der Waals surface area (Å²) in [6.45, 7) is 4.16. The van der Waals surface area contributed by atoms with Crippen LogP contribution in [0.5, 0.6) is 11.5 Å². The highest BCUT2D eigenvalue weighted by Gasteiger charge is 2.23. The first-order valence-corrected chi connectivity index (χ1v) is 11.0. The minimum absolute atomic E-state index is 0.0424. The largest absolute Gasteiger partial charge is 0.497 e. The number of methoxy groups -OCH3 is 2. The van der Waals surface area contributed by atoms with Crippen molar-refractivity contribution in [2.75, 3.05) is 19.1 Å². The summed E-state index contributed by atoms with van der Waals surface area (Å²) in [5.74, 6) is 1.61. The molecule has 0 bridgehead atoms. The Hall–Kier alpha value is -2.86. The Bertz CT molecular complexity index is 965. The first kappa shape index (κ1) is 21.8. The van der Waals surface area contributed by atoms with Crippen molar-refractivity contribution in [2.45, 2.75) is 39.5 Å². The maximum Gasteiger partial charge on any atom is 0.233 e. The van der Waals surface area contributed by atoms with Crippen molar-refractivity contribution in [1.29, 1.82) is 0 Å². The molecule has 0 aliphatic heterocycles. The number of aromatic nitrogens is 1. The van der Waals surface area contributed by atoms with E-state index in [0.717, 1.165) is 47.7 Å². The molecule has 3 aromatic rings. The Morgan fingerprint density at radius 2 is 1.53 bits per heavy atom. The lowest BCUT2D eigenvalue weighted by Crippen LogP contribution is -2.25. The molecule has 0 atom stereocenters. The van der Waals surface area contributed by atoms with Gasteiger partial charge in [0.1, 0.15) is 11.5 Å². The van der Waals surface area contributed by atoms with E-state index in [1.165, 1.54) is 4.88 Å². The summed E-state index contributed by atoms with van der Waals surface area (Å²) in [7, 11) is 3.29. The molecule has 5 nitrogen and oxygen atoms in total. The highest BCUT2D eigenvalue weighted by Crippen LogP contribution is 2.38. The number of benzene rings is 2. The molecule has 0 saturated heterocycles. The van der Waals surface area contributed by atoms with Crippen LogP contribution in [-0.2, 0) is 11.2 Å². The molecular weight excluding hydrogens is 396 g/mol. The van der Waals surface area contributed by atoms with Crippen molar-refractivity contribution in [3.8, 4) is 22.8 Å². The molecule has 0 aliphatic carbocycles. The van der Waals surface area contributed by atoms with Crippen molar-refractivity contribution in [3.63, 3.8) is 0 Å². The van der Waals surface area contributed by atoms with Gasteiger partial charge in [0.2, 0.25) is 5.91 Å². The number of anilines is 2. The second-order valence-corrected chi connectivity index (χ2v) is 7.99. The first-order chi connectivity index (χ1) is 14.6. The van der Waals surface area contributed by atoms with E-state index in [1.54, 1.807) is 30.5 Å². The predicted molar refractivity (Wildman–Crippen MR) is 123 cm³/mol. The number of thiazole rings is 1. The highest BCUT2D eigenvalue weighted by atomic mass is 32.1. The number of amides is 1. The molecule has 0 N–H and O–H groups in total. The number of hydrogen-bond donors (Lipinski definition) is 0. The van der Waals surface area contributed by atoms with Crippen LogP contribution in [0, 0.1) is 0 Å². The SMILES string of the molecule is CCCC(=O)N(c1ccc(OC)cc1)c1nc(-c2ccc(OC)cc2)c(CCC)s1. The van der Waals surface area contributed by atoms with Crippen LogP contribution in [0.4, 0.5) is 10.8 Å². The minimum Gasteiger partial charge on any atom is -0.497 e. The molecule has 6 heteroatoms. The molecule has 0 fully saturated rings. The zero-order valence-electron chi connectivity index (χ0n) is 18.0. The van der Waals surface area contributed by atoms with Crippen LogP contribution in [0.1, 0.15) is 38.0 Å². The third-order valence-corrected chi connectivity index (χ3v) is 5.86. The fraction of sp³-hybridized carbons (Fsp3) is 0.333. The molecular formula is C24H28N2O3S. The lowest BCUT2D eigenvalue weighted by Gasteiger charge is -2.20. The molecule has 158 valence electrons. The number of rotatable bonds is 9. The van der Waals surface area contributed by atoms with Gasteiger partial charge in [-0.3, -0.25) is 9.69 Å². The average Bonchev–Trinajstić information content (AvgIpc) is 3.18. The monoisotopic (exact) mass is 424 g/mol. The molecule has 0 unspecified atom stereocenters. The molecule has 30 heavy (non-hydrogen) atoms.